The molecule has 0 aliphatic heterocycles. The highest BCUT2D eigenvalue weighted by molar-refractivity contribution is 5.47. The van der Waals surface area contributed by atoms with Gasteiger partial charge in [-0.15, -0.1) is 0 Å². The molecule has 2 aromatic rings. The number of nitrogens with zero attached hydrogens (tertiary/aromatic N) is 2. The van der Waals surface area contributed by atoms with Crippen molar-refractivity contribution in [3.05, 3.63) is 58.9 Å². The Morgan fingerprint density at radius 1 is 1.20 bits per heavy atom. The number of nitrogen functional groups attached to an aromatic ring is 1. The van der Waals surface area contributed by atoms with Gasteiger partial charge in [-0.1, -0.05) is 12.1 Å². The molecular weight excluding hydrogens is 267 g/mol. The van der Waals surface area contributed by atoms with Gasteiger partial charge in [-0.05, 0) is 23.8 Å². The molecular formula is C14H10F3N3. The molecule has 20 heavy (non-hydrogen) atoms. The lowest BCUT2D eigenvalue weighted by atomic mass is 10.0. The van der Waals surface area contributed by atoms with E-state index in [9.17, 15) is 13.2 Å². The molecule has 1 heterocycles. The van der Waals surface area contributed by atoms with E-state index in [1.165, 1.54) is 24.4 Å². The van der Waals surface area contributed by atoms with Gasteiger partial charge in [0.05, 0.1) is 28.7 Å². The van der Waals surface area contributed by atoms with Crippen LogP contribution in [0.15, 0.2) is 36.5 Å². The fourth-order valence-electron chi connectivity index (χ4n) is 1.75. The van der Waals surface area contributed by atoms with Crippen LogP contribution in [0.3, 0.4) is 0 Å². The Labute approximate surface area is 113 Å². The van der Waals surface area contributed by atoms with E-state index in [0.29, 0.717) is 22.5 Å². The normalized spacial score (nSPS) is 11.1. The van der Waals surface area contributed by atoms with Gasteiger partial charge in [-0.3, -0.25) is 4.98 Å². The Hall–Kier alpha value is -2.55. The van der Waals surface area contributed by atoms with Crippen molar-refractivity contribution in [2.45, 2.75) is 12.6 Å². The average molecular weight is 277 g/mol. The molecule has 0 radical (unpaired) electrons. The lowest BCUT2D eigenvalue weighted by molar-refractivity contribution is -0.137. The first-order valence-corrected chi connectivity index (χ1v) is 5.71. The zero-order chi connectivity index (χ0) is 14.8. The van der Waals surface area contributed by atoms with E-state index >= 15 is 0 Å². The van der Waals surface area contributed by atoms with Crippen molar-refractivity contribution in [3.8, 4) is 6.07 Å². The van der Waals surface area contributed by atoms with Crippen LogP contribution in [-0.4, -0.2) is 4.98 Å². The van der Waals surface area contributed by atoms with Crippen molar-refractivity contribution in [1.82, 2.24) is 4.98 Å². The summed E-state index contributed by atoms with van der Waals surface area (Å²) in [5.74, 6) is 0. The zero-order valence-electron chi connectivity index (χ0n) is 10.3. The molecule has 0 saturated carbocycles. The topological polar surface area (TPSA) is 62.7 Å². The highest BCUT2D eigenvalue weighted by Crippen LogP contribution is 2.29. The molecule has 0 spiro atoms. The predicted molar refractivity (Wildman–Crippen MR) is 67.6 cm³/mol. The number of pyridine rings is 1. The maximum Gasteiger partial charge on any atom is 0.416 e. The summed E-state index contributed by atoms with van der Waals surface area (Å²) in [5, 5.41) is 8.98. The van der Waals surface area contributed by atoms with Gasteiger partial charge in [0.2, 0.25) is 0 Å². The first-order chi connectivity index (χ1) is 9.40. The minimum absolute atomic E-state index is 0.279. The van der Waals surface area contributed by atoms with Gasteiger partial charge in [0, 0.05) is 6.42 Å². The summed E-state index contributed by atoms with van der Waals surface area (Å²) in [6, 6.07) is 8.24. The van der Waals surface area contributed by atoms with Crippen LogP contribution in [0, 0.1) is 11.3 Å². The molecule has 0 fully saturated rings. The molecule has 0 bridgehead atoms. The molecule has 3 nitrogen and oxygen atoms in total. The minimum Gasteiger partial charge on any atom is -0.397 e. The maximum absolute atomic E-state index is 12.4. The van der Waals surface area contributed by atoms with Gasteiger partial charge in [-0.2, -0.15) is 18.4 Å². The van der Waals surface area contributed by atoms with Crippen LogP contribution in [0.2, 0.25) is 0 Å². The summed E-state index contributed by atoms with van der Waals surface area (Å²) in [4.78, 5) is 4.05. The molecule has 2 rings (SSSR count). The molecule has 0 aliphatic carbocycles. The Balaban J connectivity index is 2.25. The number of anilines is 1. The number of hydrogen-bond acceptors (Lipinski definition) is 3. The summed E-state index contributed by atoms with van der Waals surface area (Å²) < 4.78 is 37.3. The quantitative estimate of drug-likeness (QED) is 0.917. The third kappa shape index (κ3) is 3.06. The van der Waals surface area contributed by atoms with Gasteiger partial charge >= 0.3 is 6.18 Å². The Morgan fingerprint density at radius 2 is 1.85 bits per heavy atom. The maximum atomic E-state index is 12.4. The minimum atomic E-state index is -4.35. The average Bonchev–Trinajstić information content (AvgIpc) is 2.40. The standard InChI is InChI=1S/C14H10F3N3/c15-14(16,17)11-3-1-9(2-4-11)5-13-10(7-18)6-12(19)8-20-13/h1-4,6,8H,5,19H2. The SMILES string of the molecule is N#Cc1cc(N)cnc1Cc1ccc(C(F)(F)F)cc1. The third-order valence-electron chi connectivity index (χ3n) is 2.76. The van der Waals surface area contributed by atoms with Crippen molar-refractivity contribution >= 4 is 5.69 Å². The van der Waals surface area contributed by atoms with Gasteiger partial charge < -0.3 is 5.73 Å². The van der Waals surface area contributed by atoms with E-state index in [0.717, 1.165) is 12.1 Å². The number of benzene rings is 1. The molecule has 0 amide bonds. The first kappa shape index (κ1) is 13.9. The molecule has 2 N–H and O–H groups in total. The Morgan fingerprint density at radius 3 is 2.40 bits per heavy atom. The number of alkyl halides is 3. The number of nitriles is 1. The van der Waals surface area contributed by atoms with Crippen LogP contribution in [0.1, 0.15) is 22.4 Å². The first-order valence-electron chi connectivity index (χ1n) is 5.71. The van der Waals surface area contributed by atoms with E-state index < -0.39 is 11.7 Å². The van der Waals surface area contributed by atoms with Crippen LogP contribution in [0.25, 0.3) is 0 Å². The van der Waals surface area contributed by atoms with Crippen molar-refractivity contribution in [1.29, 1.82) is 5.26 Å². The summed E-state index contributed by atoms with van der Waals surface area (Å²) in [6.07, 6.45) is -2.66. The van der Waals surface area contributed by atoms with Gasteiger partial charge in [0.1, 0.15) is 6.07 Å². The molecule has 0 atom stereocenters. The lowest BCUT2D eigenvalue weighted by Gasteiger charge is -2.08. The van der Waals surface area contributed by atoms with E-state index in [1.807, 2.05) is 6.07 Å². The smallest absolute Gasteiger partial charge is 0.397 e. The van der Waals surface area contributed by atoms with Crippen molar-refractivity contribution in [2.75, 3.05) is 5.73 Å². The van der Waals surface area contributed by atoms with Gasteiger partial charge in [0.25, 0.3) is 0 Å². The molecule has 0 unspecified atom stereocenters. The van der Waals surface area contributed by atoms with Crippen molar-refractivity contribution in [2.24, 2.45) is 0 Å². The summed E-state index contributed by atoms with van der Waals surface area (Å²) in [7, 11) is 0. The fourth-order valence-corrected chi connectivity index (χ4v) is 1.75. The monoisotopic (exact) mass is 277 g/mol. The lowest BCUT2D eigenvalue weighted by Crippen LogP contribution is -2.05. The predicted octanol–water partition coefficient (Wildman–Crippen LogP) is 3.15. The summed E-state index contributed by atoms with van der Waals surface area (Å²) in [6.45, 7) is 0. The van der Waals surface area contributed by atoms with Crippen molar-refractivity contribution < 1.29 is 13.2 Å². The Bertz CT molecular complexity index is 655. The number of hydrogen-bond donors (Lipinski definition) is 1. The van der Waals surface area contributed by atoms with E-state index in [-0.39, 0.29) is 6.42 Å². The molecule has 1 aromatic heterocycles. The number of halogens is 3. The fraction of sp³-hybridized carbons (Fsp3) is 0.143. The Kier molecular flexibility index (Phi) is 3.61. The summed E-state index contributed by atoms with van der Waals surface area (Å²) in [5.41, 5.74) is 6.65. The van der Waals surface area contributed by atoms with Crippen molar-refractivity contribution in [3.63, 3.8) is 0 Å². The van der Waals surface area contributed by atoms with Crippen LogP contribution in [0.5, 0.6) is 0 Å². The second-order valence-electron chi connectivity index (χ2n) is 4.25. The van der Waals surface area contributed by atoms with E-state index in [2.05, 4.69) is 4.98 Å². The molecule has 0 saturated heterocycles. The molecule has 102 valence electrons. The van der Waals surface area contributed by atoms with Crippen LogP contribution >= 0.6 is 0 Å². The third-order valence-corrected chi connectivity index (χ3v) is 2.76. The van der Waals surface area contributed by atoms with E-state index in [1.54, 1.807) is 0 Å². The van der Waals surface area contributed by atoms with Crippen LogP contribution < -0.4 is 5.73 Å². The second kappa shape index (κ2) is 5.21. The van der Waals surface area contributed by atoms with E-state index in [4.69, 9.17) is 11.0 Å². The number of aromatic nitrogens is 1. The van der Waals surface area contributed by atoms with Crippen LogP contribution in [-0.2, 0) is 12.6 Å². The van der Waals surface area contributed by atoms with Gasteiger partial charge in [0.15, 0.2) is 0 Å². The molecule has 1 aromatic carbocycles. The number of rotatable bonds is 2. The highest BCUT2D eigenvalue weighted by Gasteiger charge is 2.29. The zero-order valence-corrected chi connectivity index (χ0v) is 10.3. The largest absolute Gasteiger partial charge is 0.416 e. The number of nitrogens with two attached hydrogens (primary N) is 1. The van der Waals surface area contributed by atoms with Gasteiger partial charge in [-0.25, -0.2) is 0 Å². The highest BCUT2D eigenvalue weighted by atomic mass is 19.4. The second-order valence-corrected chi connectivity index (χ2v) is 4.25. The van der Waals surface area contributed by atoms with Crippen LogP contribution in [0.4, 0.5) is 18.9 Å². The molecule has 6 heteroatoms. The summed E-state index contributed by atoms with van der Waals surface area (Å²) >= 11 is 0. The molecule has 0 aliphatic rings.